The van der Waals surface area contributed by atoms with Crippen LogP contribution in [0.2, 0.25) is 0 Å². The first kappa shape index (κ1) is 33.2. The lowest BCUT2D eigenvalue weighted by Crippen LogP contribution is -2.15. The Morgan fingerprint density at radius 1 is 0.431 bits per heavy atom. The van der Waals surface area contributed by atoms with Crippen LogP contribution in [0.1, 0.15) is 25.0 Å². The summed E-state index contributed by atoms with van der Waals surface area (Å²) >= 11 is 1.86. The van der Waals surface area contributed by atoms with Gasteiger partial charge in [-0.15, -0.1) is 11.3 Å². The molecule has 0 bridgehead atoms. The van der Waals surface area contributed by atoms with Gasteiger partial charge in [-0.1, -0.05) is 129 Å². The van der Waals surface area contributed by atoms with Crippen molar-refractivity contribution in [3.8, 4) is 27.9 Å². The molecule has 0 saturated heterocycles. The van der Waals surface area contributed by atoms with Gasteiger partial charge in [-0.05, 0) is 123 Å². The van der Waals surface area contributed by atoms with Gasteiger partial charge >= 0.3 is 0 Å². The number of hydrogen-bond donors (Lipinski definition) is 0. The summed E-state index contributed by atoms with van der Waals surface area (Å²) in [6, 6.07) is 71.7. The maximum Gasteiger partial charge on any atom is 0.0547 e. The predicted octanol–water partition coefficient (Wildman–Crippen LogP) is 15.7. The molecule has 0 saturated carbocycles. The van der Waals surface area contributed by atoms with E-state index in [2.05, 4.69) is 217 Å². The molecule has 2 heterocycles. The minimum absolute atomic E-state index is 0.0961. The van der Waals surface area contributed by atoms with Gasteiger partial charge in [-0.3, -0.25) is 0 Å². The van der Waals surface area contributed by atoms with Crippen LogP contribution in [-0.4, -0.2) is 4.57 Å². The molecule has 0 atom stereocenters. The average Bonchev–Trinajstić information content (AvgIpc) is 3.88. The maximum atomic E-state index is 2.48. The van der Waals surface area contributed by atoms with Crippen LogP contribution in [0.15, 0.2) is 194 Å². The number of aromatic nitrogens is 1. The van der Waals surface area contributed by atoms with Gasteiger partial charge in [0.2, 0.25) is 0 Å². The van der Waals surface area contributed by atoms with Gasteiger partial charge in [-0.25, -0.2) is 0 Å². The Hall–Kier alpha value is -6.94. The van der Waals surface area contributed by atoms with Gasteiger partial charge in [-0.2, -0.15) is 0 Å². The van der Waals surface area contributed by atoms with E-state index in [4.69, 9.17) is 0 Å². The second-order valence-corrected chi connectivity index (χ2v) is 17.2. The van der Waals surface area contributed by atoms with Crippen LogP contribution in [0.25, 0.3) is 80.7 Å². The second kappa shape index (κ2) is 12.5. The summed E-state index contributed by atoms with van der Waals surface area (Å²) in [4.78, 5) is 2.37. The lowest BCUT2D eigenvalue weighted by molar-refractivity contribution is 0.666. The Labute approximate surface area is 341 Å². The fourth-order valence-corrected chi connectivity index (χ4v) is 11.0. The number of rotatable bonds is 5. The van der Waals surface area contributed by atoms with Gasteiger partial charge in [0.15, 0.2) is 0 Å². The Morgan fingerprint density at radius 2 is 1.10 bits per heavy atom. The van der Waals surface area contributed by atoms with E-state index in [1.54, 1.807) is 0 Å². The molecule has 0 amide bonds. The molecule has 0 radical (unpaired) electrons. The van der Waals surface area contributed by atoms with Gasteiger partial charge in [0.25, 0.3) is 0 Å². The molecular formula is C55H38N2S. The topological polar surface area (TPSA) is 8.17 Å². The van der Waals surface area contributed by atoms with Crippen LogP contribution in [0, 0.1) is 0 Å². The summed E-state index contributed by atoms with van der Waals surface area (Å²) in [6.07, 6.45) is 0. The van der Waals surface area contributed by atoms with E-state index < -0.39 is 0 Å². The summed E-state index contributed by atoms with van der Waals surface area (Å²) in [6.45, 7) is 4.77. The highest BCUT2D eigenvalue weighted by molar-refractivity contribution is 7.25. The highest BCUT2D eigenvalue weighted by Crippen LogP contribution is 2.52. The third-order valence-electron chi connectivity index (χ3n) is 12.5. The molecule has 2 aromatic heterocycles. The van der Waals surface area contributed by atoms with Crippen molar-refractivity contribution in [2.75, 3.05) is 4.90 Å². The monoisotopic (exact) mass is 758 g/mol. The van der Waals surface area contributed by atoms with E-state index in [0.29, 0.717) is 0 Å². The maximum absolute atomic E-state index is 2.48. The van der Waals surface area contributed by atoms with E-state index in [1.807, 2.05) is 11.3 Å². The number of thiophene rings is 1. The summed E-state index contributed by atoms with van der Waals surface area (Å²) < 4.78 is 5.06. The molecule has 58 heavy (non-hydrogen) atoms. The summed E-state index contributed by atoms with van der Waals surface area (Å²) in [7, 11) is 0. The second-order valence-electron chi connectivity index (χ2n) is 16.1. The quantitative estimate of drug-likeness (QED) is 0.170. The Bertz CT molecular complexity index is 3410. The zero-order valence-electron chi connectivity index (χ0n) is 32.3. The Morgan fingerprint density at radius 3 is 1.95 bits per heavy atom. The molecule has 12 rings (SSSR count). The molecule has 0 N–H and O–H groups in total. The first-order valence-corrected chi connectivity index (χ1v) is 20.9. The van der Waals surface area contributed by atoms with Crippen molar-refractivity contribution in [3.63, 3.8) is 0 Å². The molecule has 0 fully saturated rings. The highest BCUT2D eigenvalue weighted by Gasteiger charge is 2.36. The molecule has 2 nitrogen and oxygen atoms in total. The van der Waals surface area contributed by atoms with Crippen molar-refractivity contribution in [1.82, 2.24) is 4.57 Å². The van der Waals surface area contributed by atoms with Crippen molar-refractivity contribution >= 4 is 81.1 Å². The van der Waals surface area contributed by atoms with Crippen LogP contribution in [-0.2, 0) is 5.41 Å². The van der Waals surface area contributed by atoms with Gasteiger partial charge in [0, 0.05) is 59.1 Å². The standard InChI is InChI=1S/C55H38N2S/c1-55(2)49-19-11-9-17-42(49)45-28-23-37-32-51-48(34-46(37)54(45)55)47-31-36(24-30-50(47)57(51)39-15-7-4-8-16-39)35-21-25-40(26-22-35)56(38-13-5-3-6-14-38)41-27-29-44-43-18-10-12-20-52(43)58-53(44)33-41/h3-34H,1-2H3. The number of fused-ring (bicyclic) bond motifs is 11. The van der Waals surface area contributed by atoms with Gasteiger partial charge in [0.05, 0.1) is 11.0 Å². The van der Waals surface area contributed by atoms with Crippen molar-refractivity contribution in [2.45, 2.75) is 19.3 Å². The van der Waals surface area contributed by atoms with Crippen LogP contribution < -0.4 is 4.90 Å². The largest absolute Gasteiger partial charge is 0.310 e. The Balaban J connectivity index is 1.01. The molecule has 9 aromatic carbocycles. The molecule has 0 aliphatic heterocycles. The van der Waals surface area contributed by atoms with E-state index in [1.165, 1.54) is 91.8 Å². The molecule has 1 aliphatic rings. The van der Waals surface area contributed by atoms with Crippen molar-refractivity contribution in [3.05, 3.63) is 205 Å². The third kappa shape index (κ3) is 4.90. The molecule has 3 heteroatoms. The van der Waals surface area contributed by atoms with Gasteiger partial charge in [0.1, 0.15) is 0 Å². The number of benzene rings is 9. The number of anilines is 3. The zero-order valence-corrected chi connectivity index (χ0v) is 33.1. The molecule has 11 aromatic rings. The number of nitrogens with zero attached hydrogens (tertiary/aromatic N) is 2. The van der Waals surface area contributed by atoms with E-state index in [9.17, 15) is 0 Å². The average molecular weight is 759 g/mol. The fourth-order valence-electron chi connectivity index (χ4n) is 9.85. The smallest absolute Gasteiger partial charge is 0.0547 e. The fraction of sp³-hybridized carbons (Fsp3) is 0.0545. The third-order valence-corrected chi connectivity index (χ3v) is 13.7. The molecular weight excluding hydrogens is 721 g/mol. The predicted molar refractivity (Wildman–Crippen MR) is 249 cm³/mol. The zero-order chi connectivity index (χ0) is 38.5. The van der Waals surface area contributed by atoms with E-state index >= 15 is 0 Å². The minimum Gasteiger partial charge on any atom is -0.310 e. The Kier molecular flexibility index (Phi) is 7.18. The SMILES string of the molecule is CC1(C)c2ccccc2-c2ccc3cc4c(cc3c21)c1cc(-c2ccc(N(c3ccccc3)c3ccc5c(c3)sc3ccccc35)cc2)ccc1n4-c1ccccc1. The lowest BCUT2D eigenvalue weighted by Gasteiger charge is -2.25. The molecule has 274 valence electrons. The van der Waals surface area contributed by atoms with Gasteiger partial charge < -0.3 is 9.47 Å². The van der Waals surface area contributed by atoms with Crippen molar-refractivity contribution in [2.24, 2.45) is 0 Å². The summed E-state index contributed by atoms with van der Waals surface area (Å²) in [5.41, 5.74) is 14.9. The highest BCUT2D eigenvalue weighted by atomic mass is 32.1. The van der Waals surface area contributed by atoms with Crippen LogP contribution in [0.3, 0.4) is 0 Å². The number of hydrogen-bond acceptors (Lipinski definition) is 2. The molecule has 0 spiro atoms. The van der Waals surface area contributed by atoms with E-state index in [-0.39, 0.29) is 5.41 Å². The van der Waals surface area contributed by atoms with Crippen LogP contribution >= 0.6 is 11.3 Å². The lowest BCUT2D eigenvalue weighted by atomic mass is 9.80. The minimum atomic E-state index is -0.0961. The number of para-hydroxylation sites is 2. The van der Waals surface area contributed by atoms with Crippen molar-refractivity contribution < 1.29 is 0 Å². The first-order valence-electron chi connectivity index (χ1n) is 20.1. The molecule has 0 unspecified atom stereocenters. The summed E-state index contributed by atoms with van der Waals surface area (Å²) in [5.74, 6) is 0. The van der Waals surface area contributed by atoms with Crippen molar-refractivity contribution in [1.29, 1.82) is 0 Å². The summed E-state index contributed by atoms with van der Waals surface area (Å²) in [5, 5.41) is 7.77. The van der Waals surface area contributed by atoms with E-state index in [0.717, 1.165) is 17.1 Å². The van der Waals surface area contributed by atoms with Crippen LogP contribution in [0.4, 0.5) is 17.1 Å². The van der Waals surface area contributed by atoms with Crippen LogP contribution in [0.5, 0.6) is 0 Å². The normalized spacial score (nSPS) is 13.1. The first-order chi connectivity index (χ1) is 28.5. The molecule has 1 aliphatic carbocycles.